The third kappa shape index (κ3) is 4.91. The topological polar surface area (TPSA) is 53.4 Å². The molecular weight excluding hydrogens is 362 g/mol. The van der Waals surface area contributed by atoms with E-state index in [-0.39, 0.29) is 5.91 Å². The number of amides is 1. The Kier molecular flexibility index (Phi) is 6.03. The Labute approximate surface area is 171 Å². The molecule has 0 atom stereocenters. The molecule has 150 valence electrons. The second-order valence-corrected chi connectivity index (χ2v) is 7.34. The van der Waals surface area contributed by atoms with Gasteiger partial charge in [0.25, 0.3) is 5.91 Å². The van der Waals surface area contributed by atoms with Crippen molar-refractivity contribution >= 4 is 11.6 Å². The molecule has 6 nitrogen and oxygen atoms in total. The number of hydrogen-bond acceptors (Lipinski definition) is 4. The standard InChI is InChI=1S/C23H27N5O/c1-2-26-14-16-27(17-15-26)18-19-8-10-20(11-9-19)24-23(29)22-12-13-28(25-22)21-6-4-3-5-7-21/h3-13H,2,14-18H2,1H3,(H,24,29). The lowest BCUT2D eigenvalue weighted by molar-refractivity contribution is 0.102. The molecule has 29 heavy (non-hydrogen) atoms. The van der Waals surface area contributed by atoms with Gasteiger partial charge in [0.05, 0.1) is 5.69 Å². The third-order valence-corrected chi connectivity index (χ3v) is 5.37. The van der Waals surface area contributed by atoms with E-state index in [9.17, 15) is 4.79 Å². The third-order valence-electron chi connectivity index (χ3n) is 5.37. The molecule has 0 spiro atoms. The highest BCUT2D eigenvalue weighted by atomic mass is 16.1. The first-order valence-electron chi connectivity index (χ1n) is 10.2. The van der Waals surface area contributed by atoms with Crippen LogP contribution in [0.25, 0.3) is 5.69 Å². The van der Waals surface area contributed by atoms with Crippen LogP contribution in [-0.2, 0) is 6.54 Å². The Balaban J connectivity index is 1.33. The SMILES string of the molecule is CCN1CCN(Cc2ccc(NC(=O)c3ccn(-c4ccccc4)n3)cc2)CC1. The molecule has 1 aromatic heterocycles. The first-order valence-corrected chi connectivity index (χ1v) is 10.2. The van der Waals surface area contributed by atoms with Gasteiger partial charge in [0.1, 0.15) is 0 Å². The van der Waals surface area contributed by atoms with Gasteiger partial charge in [-0.3, -0.25) is 9.69 Å². The maximum Gasteiger partial charge on any atom is 0.276 e. The Bertz CT molecular complexity index is 927. The van der Waals surface area contributed by atoms with Gasteiger partial charge in [-0.05, 0) is 42.4 Å². The number of nitrogens with one attached hydrogen (secondary N) is 1. The zero-order valence-electron chi connectivity index (χ0n) is 16.8. The van der Waals surface area contributed by atoms with Crippen molar-refractivity contribution in [1.82, 2.24) is 19.6 Å². The smallest absolute Gasteiger partial charge is 0.276 e. The van der Waals surface area contributed by atoms with E-state index >= 15 is 0 Å². The van der Waals surface area contributed by atoms with Gasteiger partial charge in [0.2, 0.25) is 0 Å². The normalized spacial score (nSPS) is 15.3. The number of anilines is 1. The van der Waals surface area contributed by atoms with Crippen LogP contribution in [0.15, 0.2) is 66.9 Å². The highest BCUT2D eigenvalue weighted by molar-refractivity contribution is 6.02. The van der Waals surface area contributed by atoms with Crippen molar-refractivity contribution in [1.29, 1.82) is 0 Å². The molecule has 1 amide bonds. The minimum atomic E-state index is -0.205. The van der Waals surface area contributed by atoms with Crippen molar-refractivity contribution in [3.8, 4) is 5.69 Å². The van der Waals surface area contributed by atoms with Crippen molar-refractivity contribution in [3.05, 3.63) is 78.1 Å². The highest BCUT2D eigenvalue weighted by Gasteiger charge is 2.15. The number of aromatic nitrogens is 2. The Morgan fingerprint density at radius 2 is 1.62 bits per heavy atom. The predicted molar refractivity (Wildman–Crippen MR) is 115 cm³/mol. The van der Waals surface area contributed by atoms with Crippen LogP contribution in [0.1, 0.15) is 23.0 Å². The highest BCUT2D eigenvalue weighted by Crippen LogP contribution is 2.14. The summed E-state index contributed by atoms with van der Waals surface area (Å²) in [5, 5.41) is 7.31. The second-order valence-electron chi connectivity index (χ2n) is 7.34. The van der Waals surface area contributed by atoms with E-state index in [4.69, 9.17) is 0 Å². The van der Waals surface area contributed by atoms with Crippen molar-refractivity contribution in [2.24, 2.45) is 0 Å². The van der Waals surface area contributed by atoms with Crippen LogP contribution >= 0.6 is 0 Å². The fourth-order valence-corrected chi connectivity index (χ4v) is 3.58. The molecule has 0 unspecified atom stereocenters. The van der Waals surface area contributed by atoms with Gasteiger partial charge in [-0.25, -0.2) is 4.68 Å². The monoisotopic (exact) mass is 389 g/mol. The molecule has 1 saturated heterocycles. The molecule has 2 heterocycles. The minimum absolute atomic E-state index is 0.205. The molecule has 1 aliphatic heterocycles. The molecule has 1 N–H and O–H groups in total. The molecule has 2 aromatic carbocycles. The summed E-state index contributed by atoms with van der Waals surface area (Å²) in [6.45, 7) is 8.79. The van der Waals surface area contributed by atoms with Crippen molar-refractivity contribution < 1.29 is 4.79 Å². The number of rotatable bonds is 6. The zero-order chi connectivity index (χ0) is 20.1. The molecule has 0 aliphatic carbocycles. The molecule has 4 rings (SSSR count). The summed E-state index contributed by atoms with van der Waals surface area (Å²) < 4.78 is 1.70. The van der Waals surface area contributed by atoms with E-state index in [0.29, 0.717) is 5.69 Å². The fourth-order valence-electron chi connectivity index (χ4n) is 3.58. The van der Waals surface area contributed by atoms with Crippen LogP contribution in [0.4, 0.5) is 5.69 Å². The number of carbonyl (C=O) groups is 1. The summed E-state index contributed by atoms with van der Waals surface area (Å²) in [4.78, 5) is 17.5. The van der Waals surface area contributed by atoms with E-state index in [1.807, 2.05) is 42.5 Å². The van der Waals surface area contributed by atoms with Crippen molar-refractivity contribution in [2.75, 3.05) is 38.0 Å². The average Bonchev–Trinajstić information content (AvgIpc) is 3.27. The fraction of sp³-hybridized carbons (Fsp3) is 0.304. The van der Waals surface area contributed by atoms with Gasteiger partial charge >= 0.3 is 0 Å². The first-order chi connectivity index (χ1) is 14.2. The molecular formula is C23H27N5O. The van der Waals surface area contributed by atoms with Gasteiger partial charge in [-0.1, -0.05) is 37.3 Å². The predicted octanol–water partition coefficient (Wildman–Crippen LogP) is 3.26. The van der Waals surface area contributed by atoms with Crippen LogP contribution in [0.3, 0.4) is 0 Å². The van der Waals surface area contributed by atoms with Crippen LogP contribution in [-0.4, -0.2) is 58.2 Å². The number of hydrogen-bond donors (Lipinski definition) is 1. The number of para-hydroxylation sites is 1. The van der Waals surface area contributed by atoms with Crippen LogP contribution in [0.5, 0.6) is 0 Å². The molecule has 1 fully saturated rings. The summed E-state index contributed by atoms with van der Waals surface area (Å²) in [5.74, 6) is -0.205. The minimum Gasteiger partial charge on any atom is -0.321 e. The second kappa shape index (κ2) is 9.03. The summed E-state index contributed by atoms with van der Waals surface area (Å²) in [5.41, 5.74) is 3.37. The van der Waals surface area contributed by atoms with E-state index in [0.717, 1.165) is 50.6 Å². The van der Waals surface area contributed by atoms with Crippen molar-refractivity contribution in [3.63, 3.8) is 0 Å². The van der Waals surface area contributed by atoms with Gasteiger partial charge in [0, 0.05) is 44.6 Å². The number of likely N-dealkylation sites (N-methyl/N-ethyl adjacent to an activating group) is 1. The van der Waals surface area contributed by atoms with Crippen LogP contribution in [0, 0.1) is 0 Å². The molecule has 1 aliphatic rings. The summed E-state index contributed by atoms with van der Waals surface area (Å²) in [7, 11) is 0. The molecule has 0 saturated carbocycles. The van der Waals surface area contributed by atoms with Gasteiger partial charge in [-0.2, -0.15) is 5.10 Å². The lowest BCUT2D eigenvalue weighted by Crippen LogP contribution is -2.45. The Morgan fingerprint density at radius 3 is 2.31 bits per heavy atom. The van der Waals surface area contributed by atoms with Gasteiger partial charge < -0.3 is 10.2 Å². The average molecular weight is 390 g/mol. The van der Waals surface area contributed by atoms with E-state index in [1.165, 1.54) is 5.56 Å². The van der Waals surface area contributed by atoms with Crippen LogP contribution in [0.2, 0.25) is 0 Å². The Morgan fingerprint density at radius 1 is 0.931 bits per heavy atom. The van der Waals surface area contributed by atoms with E-state index in [1.54, 1.807) is 16.9 Å². The lowest BCUT2D eigenvalue weighted by atomic mass is 10.1. The number of carbonyl (C=O) groups excluding carboxylic acids is 1. The van der Waals surface area contributed by atoms with Crippen LogP contribution < -0.4 is 5.32 Å². The van der Waals surface area contributed by atoms with E-state index < -0.39 is 0 Å². The molecule has 0 bridgehead atoms. The Hall–Kier alpha value is -2.96. The first kappa shape index (κ1) is 19.4. The lowest BCUT2D eigenvalue weighted by Gasteiger charge is -2.34. The van der Waals surface area contributed by atoms with Gasteiger partial charge in [0.15, 0.2) is 5.69 Å². The molecule has 0 radical (unpaired) electrons. The summed E-state index contributed by atoms with van der Waals surface area (Å²) in [6, 6.07) is 19.6. The number of piperazine rings is 1. The number of nitrogens with zero attached hydrogens (tertiary/aromatic N) is 4. The van der Waals surface area contributed by atoms with Crippen molar-refractivity contribution in [2.45, 2.75) is 13.5 Å². The molecule has 3 aromatic rings. The van der Waals surface area contributed by atoms with Gasteiger partial charge in [-0.15, -0.1) is 0 Å². The number of benzene rings is 2. The largest absolute Gasteiger partial charge is 0.321 e. The zero-order valence-corrected chi connectivity index (χ0v) is 16.8. The summed E-state index contributed by atoms with van der Waals surface area (Å²) in [6.07, 6.45) is 1.80. The quantitative estimate of drug-likeness (QED) is 0.703. The maximum absolute atomic E-state index is 12.5. The molecule has 6 heteroatoms. The maximum atomic E-state index is 12.5. The summed E-state index contributed by atoms with van der Waals surface area (Å²) >= 11 is 0. The van der Waals surface area contributed by atoms with E-state index in [2.05, 4.69) is 39.3 Å².